The minimum absolute atomic E-state index is 0.461. The lowest BCUT2D eigenvalue weighted by atomic mass is 10.1. The van der Waals surface area contributed by atoms with Crippen molar-refractivity contribution in [1.29, 1.82) is 0 Å². The third-order valence-electron chi connectivity index (χ3n) is 2.70. The first-order chi connectivity index (χ1) is 8.68. The Morgan fingerprint density at radius 2 is 2.00 bits per heavy atom. The molecule has 0 amide bonds. The number of nitrogens with one attached hydrogen (secondary N) is 2. The van der Waals surface area contributed by atoms with Crippen LogP contribution in [-0.4, -0.2) is 29.8 Å². The van der Waals surface area contributed by atoms with Crippen molar-refractivity contribution in [2.45, 2.75) is 25.9 Å². The molecule has 0 aliphatic heterocycles. The number of aromatic amines is 1. The molecule has 0 spiro atoms. The summed E-state index contributed by atoms with van der Waals surface area (Å²) < 4.78 is 27.8. The molecule has 1 heterocycles. The van der Waals surface area contributed by atoms with E-state index in [0.717, 1.165) is 17.3 Å². The number of para-hydroxylation sites is 2. The molecule has 0 bridgehead atoms. The van der Waals surface area contributed by atoms with E-state index in [1.54, 1.807) is 0 Å². The maximum Gasteiger partial charge on any atom is 0.209 e. The quantitative estimate of drug-likeness (QED) is 0.849. The SMILES string of the molecule is CC(C)(Cn1c(=S)[nH]c2ccccc21)NS(C)(=O)=O. The first kappa shape index (κ1) is 14.2. The molecule has 0 atom stereocenters. The summed E-state index contributed by atoms with van der Waals surface area (Å²) in [5.74, 6) is 0. The Kier molecular flexibility index (Phi) is 3.55. The molecule has 1 aromatic heterocycles. The number of hydrogen-bond donors (Lipinski definition) is 2. The molecule has 0 aliphatic carbocycles. The van der Waals surface area contributed by atoms with Gasteiger partial charge in [-0.1, -0.05) is 12.1 Å². The second-order valence-electron chi connectivity index (χ2n) is 5.29. The molecule has 1 aromatic carbocycles. The highest BCUT2D eigenvalue weighted by molar-refractivity contribution is 7.88. The van der Waals surface area contributed by atoms with E-state index in [2.05, 4.69) is 9.71 Å². The number of benzene rings is 1. The molecular weight excluding hydrogens is 282 g/mol. The van der Waals surface area contributed by atoms with E-state index in [9.17, 15) is 8.42 Å². The highest BCUT2D eigenvalue weighted by Crippen LogP contribution is 2.17. The van der Waals surface area contributed by atoms with Crippen LogP contribution in [0.5, 0.6) is 0 Å². The fraction of sp³-hybridized carbons (Fsp3) is 0.417. The van der Waals surface area contributed by atoms with Crippen LogP contribution in [0.15, 0.2) is 24.3 Å². The summed E-state index contributed by atoms with van der Waals surface area (Å²) >= 11 is 5.29. The van der Waals surface area contributed by atoms with Gasteiger partial charge in [0.15, 0.2) is 4.77 Å². The van der Waals surface area contributed by atoms with Crippen molar-refractivity contribution < 1.29 is 8.42 Å². The van der Waals surface area contributed by atoms with Gasteiger partial charge in [0, 0.05) is 12.1 Å². The van der Waals surface area contributed by atoms with E-state index >= 15 is 0 Å². The second-order valence-corrected chi connectivity index (χ2v) is 7.43. The van der Waals surface area contributed by atoms with Gasteiger partial charge in [0.1, 0.15) is 0 Å². The molecule has 0 radical (unpaired) electrons. The van der Waals surface area contributed by atoms with Crippen LogP contribution in [0.2, 0.25) is 0 Å². The molecule has 0 saturated carbocycles. The zero-order chi connectivity index (χ0) is 14.3. The number of hydrogen-bond acceptors (Lipinski definition) is 3. The van der Waals surface area contributed by atoms with Crippen LogP contribution in [0, 0.1) is 4.77 Å². The summed E-state index contributed by atoms with van der Waals surface area (Å²) in [6.07, 6.45) is 1.16. The normalized spacial score (nSPS) is 13.0. The van der Waals surface area contributed by atoms with Crippen molar-refractivity contribution in [3.63, 3.8) is 0 Å². The number of sulfonamides is 1. The monoisotopic (exact) mass is 299 g/mol. The fourth-order valence-corrected chi connectivity index (χ4v) is 3.53. The van der Waals surface area contributed by atoms with E-state index < -0.39 is 15.6 Å². The first-order valence-corrected chi connectivity index (χ1v) is 8.14. The Morgan fingerprint density at radius 3 is 2.63 bits per heavy atom. The Labute approximate surface area is 117 Å². The topological polar surface area (TPSA) is 66.9 Å². The minimum atomic E-state index is -3.26. The third kappa shape index (κ3) is 3.43. The van der Waals surface area contributed by atoms with Gasteiger partial charge in [-0.25, -0.2) is 13.1 Å². The first-order valence-electron chi connectivity index (χ1n) is 5.84. The van der Waals surface area contributed by atoms with Gasteiger partial charge in [0.05, 0.1) is 17.3 Å². The van der Waals surface area contributed by atoms with Gasteiger partial charge in [0.25, 0.3) is 0 Å². The molecule has 2 aromatic rings. The van der Waals surface area contributed by atoms with Gasteiger partial charge in [-0.3, -0.25) is 0 Å². The van der Waals surface area contributed by atoms with Crippen LogP contribution < -0.4 is 4.72 Å². The number of rotatable bonds is 4. The Balaban J connectivity index is 2.41. The highest BCUT2D eigenvalue weighted by atomic mass is 32.2. The average Bonchev–Trinajstić information content (AvgIpc) is 2.52. The van der Waals surface area contributed by atoms with Gasteiger partial charge >= 0.3 is 0 Å². The van der Waals surface area contributed by atoms with Crippen molar-refractivity contribution >= 4 is 33.3 Å². The van der Waals surface area contributed by atoms with Crippen LogP contribution in [0.3, 0.4) is 0 Å². The predicted molar refractivity (Wildman–Crippen MR) is 79.2 cm³/mol. The molecule has 19 heavy (non-hydrogen) atoms. The Bertz CT molecular complexity index is 757. The lowest BCUT2D eigenvalue weighted by molar-refractivity contribution is 0.394. The van der Waals surface area contributed by atoms with Gasteiger partial charge < -0.3 is 9.55 Å². The summed E-state index contributed by atoms with van der Waals surface area (Å²) in [6.45, 7) is 4.12. The highest BCUT2D eigenvalue weighted by Gasteiger charge is 2.23. The van der Waals surface area contributed by atoms with E-state index in [-0.39, 0.29) is 0 Å². The fourth-order valence-electron chi connectivity index (χ4n) is 2.19. The van der Waals surface area contributed by atoms with Crippen LogP contribution in [0.25, 0.3) is 11.0 Å². The largest absolute Gasteiger partial charge is 0.331 e. The Morgan fingerprint density at radius 1 is 1.37 bits per heavy atom. The lowest BCUT2D eigenvalue weighted by Gasteiger charge is -2.25. The van der Waals surface area contributed by atoms with E-state index in [1.165, 1.54) is 0 Å². The molecule has 0 unspecified atom stereocenters. The summed E-state index contributed by atoms with van der Waals surface area (Å²) in [5.41, 5.74) is 1.30. The van der Waals surface area contributed by atoms with E-state index in [1.807, 2.05) is 42.7 Å². The zero-order valence-electron chi connectivity index (χ0n) is 11.1. The van der Waals surface area contributed by atoms with Crippen molar-refractivity contribution in [2.75, 3.05) is 6.26 Å². The molecule has 0 aliphatic rings. The number of aromatic nitrogens is 2. The van der Waals surface area contributed by atoms with Gasteiger partial charge in [0.2, 0.25) is 10.0 Å². The van der Waals surface area contributed by atoms with Crippen LogP contribution >= 0.6 is 12.2 Å². The zero-order valence-corrected chi connectivity index (χ0v) is 12.7. The van der Waals surface area contributed by atoms with Crippen molar-refractivity contribution in [1.82, 2.24) is 14.3 Å². The van der Waals surface area contributed by atoms with Crippen molar-refractivity contribution in [2.24, 2.45) is 0 Å². The molecule has 104 valence electrons. The van der Waals surface area contributed by atoms with E-state index in [4.69, 9.17) is 12.2 Å². The van der Waals surface area contributed by atoms with Crippen LogP contribution in [0.1, 0.15) is 13.8 Å². The maximum atomic E-state index is 11.4. The minimum Gasteiger partial charge on any atom is -0.331 e. The summed E-state index contributed by atoms with van der Waals surface area (Å²) in [5, 5.41) is 0. The molecule has 0 saturated heterocycles. The van der Waals surface area contributed by atoms with Crippen molar-refractivity contribution in [3.05, 3.63) is 29.0 Å². The van der Waals surface area contributed by atoms with Gasteiger partial charge in [-0.2, -0.15) is 0 Å². The smallest absolute Gasteiger partial charge is 0.209 e. The van der Waals surface area contributed by atoms with E-state index in [0.29, 0.717) is 11.3 Å². The predicted octanol–water partition coefficient (Wildman–Crippen LogP) is 2.03. The lowest BCUT2D eigenvalue weighted by Crippen LogP contribution is -2.46. The third-order valence-corrected chi connectivity index (χ3v) is 3.94. The molecule has 7 heteroatoms. The maximum absolute atomic E-state index is 11.4. The molecule has 5 nitrogen and oxygen atoms in total. The standard InChI is InChI=1S/C12H17N3O2S2/c1-12(2,14-19(3,16)17)8-15-10-7-5-4-6-9(10)13-11(15)18/h4-7,14H,8H2,1-3H3,(H,13,18). The second kappa shape index (κ2) is 4.73. The number of nitrogens with zero attached hydrogens (tertiary/aromatic N) is 1. The number of H-pyrrole nitrogens is 1. The molecule has 2 rings (SSSR count). The van der Waals surface area contributed by atoms with Crippen LogP contribution in [-0.2, 0) is 16.6 Å². The average molecular weight is 299 g/mol. The summed E-state index contributed by atoms with van der Waals surface area (Å²) in [7, 11) is -3.26. The van der Waals surface area contributed by atoms with Gasteiger partial charge in [-0.05, 0) is 38.2 Å². The molecule has 2 N–H and O–H groups in total. The molecule has 0 fully saturated rings. The summed E-state index contributed by atoms with van der Waals surface area (Å²) in [6, 6.07) is 7.76. The van der Waals surface area contributed by atoms with Crippen molar-refractivity contribution in [3.8, 4) is 0 Å². The van der Waals surface area contributed by atoms with Gasteiger partial charge in [-0.15, -0.1) is 0 Å². The summed E-state index contributed by atoms with van der Waals surface area (Å²) in [4.78, 5) is 3.11. The Hall–Kier alpha value is -1.18. The van der Waals surface area contributed by atoms with Crippen LogP contribution in [0.4, 0.5) is 0 Å². The number of imidazole rings is 1. The number of fused-ring (bicyclic) bond motifs is 1. The molecular formula is C12H17N3O2S2.